The van der Waals surface area contributed by atoms with Gasteiger partial charge in [0.05, 0.1) is 23.4 Å². The van der Waals surface area contributed by atoms with E-state index in [4.69, 9.17) is 4.98 Å². The van der Waals surface area contributed by atoms with Gasteiger partial charge in [0, 0.05) is 30.2 Å². The number of thiazole rings is 1. The Morgan fingerprint density at radius 2 is 2.09 bits per heavy atom. The highest BCUT2D eigenvalue weighted by molar-refractivity contribution is 7.09. The van der Waals surface area contributed by atoms with Gasteiger partial charge >= 0.3 is 0 Å². The van der Waals surface area contributed by atoms with Gasteiger partial charge in [0.15, 0.2) is 5.82 Å². The molecule has 0 saturated carbocycles. The topological polar surface area (TPSA) is 56.5 Å². The molecule has 0 saturated heterocycles. The van der Waals surface area contributed by atoms with Gasteiger partial charge in [-0.25, -0.2) is 15.0 Å². The Hall–Kier alpha value is -2.08. The molecule has 3 heterocycles. The number of nitrogens with zero attached hydrogens (tertiary/aromatic N) is 5. The van der Waals surface area contributed by atoms with Crippen LogP contribution in [0.15, 0.2) is 36.4 Å². The molecule has 5 nitrogen and oxygen atoms in total. The lowest BCUT2D eigenvalue weighted by atomic mass is 10.1. The molecule has 0 fully saturated rings. The van der Waals surface area contributed by atoms with Gasteiger partial charge in [-0.15, -0.1) is 11.3 Å². The van der Waals surface area contributed by atoms with Crippen molar-refractivity contribution in [3.63, 3.8) is 0 Å². The third kappa shape index (κ3) is 3.57. The molecule has 0 aromatic carbocycles. The molecule has 0 unspecified atom stereocenters. The Morgan fingerprint density at radius 3 is 2.86 bits per heavy atom. The van der Waals surface area contributed by atoms with Crippen LogP contribution in [-0.2, 0) is 13.0 Å². The SMILES string of the molecule is CC(C)CCc1nc(Cn2ccnc2-c2cnccn2)cs1. The lowest BCUT2D eigenvalue weighted by Gasteiger charge is -2.05. The summed E-state index contributed by atoms with van der Waals surface area (Å²) in [4.78, 5) is 17.5. The second-order valence-corrected chi connectivity index (χ2v) is 6.58. The molecule has 0 aliphatic heterocycles. The summed E-state index contributed by atoms with van der Waals surface area (Å²) in [6, 6.07) is 0. The molecular formula is C16H19N5S. The van der Waals surface area contributed by atoms with Crippen LogP contribution in [0.3, 0.4) is 0 Å². The summed E-state index contributed by atoms with van der Waals surface area (Å²) >= 11 is 1.74. The fourth-order valence-corrected chi connectivity index (χ4v) is 3.01. The van der Waals surface area contributed by atoms with Gasteiger partial charge in [0.25, 0.3) is 0 Å². The van der Waals surface area contributed by atoms with Gasteiger partial charge in [-0.3, -0.25) is 4.98 Å². The third-order valence-electron chi connectivity index (χ3n) is 3.37. The van der Waals surface area contributed by atoms with E-state index in [1.165, 1.54) is 11.4 Å². The van der Waals surface area contributed by atoms with Crippen LogP contribution in [0.1, 0.15) is 31.0 Å². The average Bonchev–Trinajstić information content (AvgIpc) is 3.16. The Kier molecular flexibility index (Phi) is 4.58. The van der Waals surface area contributed by atoms with E-state index in [1.54, 1.807) is 36.1 Å². The van der Waals surface area contributed by atoms with Crippen molar-refractivity contribution >= 4 is 11.3 Å². The average molecular weight is 313 g/mol. The second kappa shape index (κ2) is 6.79. The minimum Gasteiger partial charge on any atom is -0.324 e. The quantitative estimate of drug-likeness (QED) is 0.699. The zero-order valence-corrected chi connectivity index (χ0v) is 13.6. The van der Waals surface area contributed by atoms with Crippen LogP contribution in [0, 0.1) is 5.92 Å². The van der Waals surface area contributed by atoms with Gasteiger partial charge in [-0.1, -0.05) is 13.8 Å². The Morgan fingerprint density at radius 1 is 1.18 bits per heavy atom. The van der Waals surface area contributed by atoms with E-state index in [1.807, 2.05) is 6.20 Å². The molecule has 114 valence electrons. The second-order valence-electron chi connectivity index (χ2n) is 5.63. The molecule has 0 atom stereocenters. The Labute approximate surface area is 134 Å². The first-order valence-electron chi connectivity index (χ1n) is 7.43. The molecule has 6 heteroatoms. The van der Waals surface area contributed by atoms with Gasteiger partial charge < -0.3 is 4.57 Å². The van der Waals surface area contributed by atoms with Crippen LogP contribution in [0.5, 0.6) is 0 Å². The van der Waals surface area contributed by atoms with Crippen molar-refractivity contribution in [3.05, 3.63) is 47.1 Å². The van der Waals surface area contributed by atoms with E-state index in [-0.39, 0.29) is 0 Å². The van der Waals surface area contributed by atoms with E-state index in [0.29, 0.717) is 12.5 Å². The van der Waals surface area contributed by atoms with Crippen LogP contribution in [-0.4, -0.2) is 24.5 Å². The van der Waals surface area contributed by atoms with E-state index < -0.39 is 0 Å². The molecule has 3 rings (SSSR count). The Bertz CT molecular complexity index is 717. The highest BCUT2D eigenvalue weighted by Gasteiger charge is 2.10. The lowest BCUT2D eigenvalue weighted by Crippen LogP contribution is -2.03. The van der Waals surface area contributed by atoms with Crippen molar-refractivity contribution in [2.75, 3.05) is 0 Å². The zero-order valence-electron chi connectivity index (χ0n) is 12.8. The monoisotopic (exact) mass is 313 g/mol. The van der Waals surface area contributed by atoms with Crippen molar-refractivity contribution in [1.82, 2.24) is 24.5 Å². The summed E-state index contributed by atoms with van der Waals surface area (Å²) in [5.74, 6) is 1.54. The first-order valence-corrected chi connectivity index (χ1v) is 8.31. The molecule has 0 bridgehead atoms. The molecule has 3 aromatic rings. The Balaban J connectivity index is 1.73. The van der Waals surface area contributed by atoms with E-state index in [0.717, 1.165) is 23.6 Å². The maximum atomic E-state index is 4.73. The van der Waals surface area contributed by atoms with E-state index in [2.05, 4.69) is 38.7 Å². The molecule has 0 aliphatic rings. The zero-order chi connectivity index (χ0) is 15.4. The highest BCUT2D eigenvalue weighted by atomic mass is 32.1. The maximum absolute atomic E-state index is 4.73. The first-order chi connectivity index (χ1) is 10.7. The number of aryl methyl sites for hydroxylation is 1. The third-order valence-corrected chi connectivity index (χ3v) is 4.33. The van der Waals surface area contributed by atoms with Crippen molar-refractivity contribution in [2.24, 2.45) is 5.92 Å². The number of rotatable bonds is 6. The van der Waals surface area contributed by atoms with E-state index >= 15 is 0 Å². The van der Waals surface area contributed by atoms with Crippen LogP contribution in [0.2, 0.25) is 0 Å². The number of imidazole rings is 1. The summed E-state index contributed by atoms with van der Waals surface area (Å²) in [5, 5.41) is 3.35. The smallest absolute Gasteiger partial charge is 0.160 e. The summed E-state index contributed by atoms with van der Waals surface area (Å²) in [6.45, 7) is 5.20. The summed E-state index contributed by atoms with van der Waals surface area (Å²) in [7, 11) is 0. The summed E-state index contributed by atoms with van der Waals surface area (Å²) in [6.07, 6.45) is 11.1. The predicted molar refractivity (Wildman–Crippen MR) is 87.6 cm³/mol. The summed E-state index contributed by atoms with van der Waals surface area (Å²) < 4.78 is 2.06. The molecule has 0 N–H and O–H groups in total. The van der Waals surface area contributed by atoms with Crippen molar-refractivity contribution < 1.29 is 0 Å². The molecule has 0 spiro atoms. The fourth-order valence-electron chi connectivity index (χ4n) is 2.21. The fraction of sp³-hybridized carbons (Fsp3) is 0.375. The van der Waals surface area contributed by atoms with Gasteiger partial charge in [-0.2, -0.15) is 0 Å². The van der Waals surface area contributed by atoms with E-state index in [9.17, 15) is 0 Å². The maximum Gasteiger partial charge on any atom is 0.160 e. The predicted octanol–water partition coefficient (Wildman–Crippen LogP) is 3.43. The first kappa shape index (κ1) is 14.8. The van der Waals surface area contributed by atoms with Gasteiger partial charge in [0.1, 0.15) is 5.69 Å². The van der Waals surface area contributed by atoms with Crippen LogP contribution >= 0.6 is 11.3 Å². The summed E-state index contributed by atoms with van der Waals surface area (Å²) in [5.41, 5.74) is 1.86. The van der Waals surface area contributed by atoms with Crippen LogP contribution < -0.4 is 0 Å². The standard InChI is InChI=1S/C16H19N5S/c1-12(2)3-4-15-20-13(11-22-15)10-21-8-7-19-16(21)14-9-17-5-6-18-14/h5-9,11-12H,3-4,10H2,1-2H3. The van der Waals surface area contributed by atoms with Crippen LogP contribution in [0.4, 0.5) is 0 Å². The lowest BCUT2D eigenvalue weighted by molar-refractivity contribution is 0.584. The van der Waals surface area contributed by atoms with Gasteiger partial charge in [0.2, 0.25) is 0 Å². The number of aromatic nitrogens is 5. The number of hydrogen-bond donors (Lipinski definition) is 0. The van der Waals surface area contributed by atoms with Crippen molar-refractivity contribution in [1.29, 1.82) is 0 Å². The highest BCUT2D eigenvalue weighted by Crippen LogP contribution is 2.18. The normalized spacial score (nSPS) is 11.2. The minimum absolute atomic E-state index is 0.712. The minimum atomic E-state index is 0.712. The molecular weight excluding hydrogens is 294 g/mol. The molecule has 22 heavy (non-hydrogen) atoms. The number of hydrogen-bond acceptors (Lipinski definition) is 5. The van der Waals surface area contributed by atoms with Crippen LogP contribution in [0.25, 0.3) is 11.5 Å². The molecule has 0 amide bonds. The van der Waals surface area contributed by atoms with Crippen molar-refractivity contribution in [3.8, 4) is 11.5 Å². The molecule has 3 aromatic heterocycles. The molecule has 0 radical (unpaired) electrons. The molecule has 0 aliphatic carbocycles. The van der Waals surface area contributed by atoms with Gasteiger partial charge in [-0.05, 0) is 18.8 Å². The largest absolute Gasteiger partial charge is 0.324 e. The van der Waals surface area contributed by atoms with Crippen molar-refractivity contribution in [2.45, 2.75) is 33.2 Å².